The van der Waals surface area contributed by atoms with Gasteiger partial charge in [-0.2, -0.15) is 0 Å². The average molecular weight is 999 g/mol. The average Bonchev–Trinajstić information content (AvgIpc) is 3.33. The molecule has 1 heterocycles. The molecule has 0 aliphatic carbocycles. The first kappa shape index (κ1) is 74.1. The standard InChI is InChI=1S/C42H68N2O14.2C2H6O.2C2H2.CH2O/c1-57-37-16-14-12-10-8-6-4-2-3-5-7-9-11-13-15-33(47)22-24-58-40(53)27-35(49)25-34(48)18-20-38(51)39(52)26-36(50)28-42(55,56)23-21-31(17-19-37)43-41(54)44-32(29-45)30-46;2*1-3-2;3*1-2/h2-14,16,31-39,45-52,55-56H,15,17-30H2,1H3,(H2,43,44,54);2*1-2H3;2*1-2H;1H2/b4-2+,5-3+,8-6+,9-7+,12-10+,13-11+,16-14+;;;;;/t31-,33+,34+,35+,36-,37-,38+,39+;;;;;/m0...../s1. The van der Waals surface area contributed by atoms with Gasteiger partial charge in [0.1, 0.15) is 6.79 Å². The number of methoxy groups -OCH3 is 3. The lowest BCUT2D eigenvalue weighted by molar-refractivity contribution is -0.189. The third kappa shape index (κ3) is 49.6. The van der Waals surface area contributed by atoms with Crippen molar-refractivity contribution in [1.29, 1.82) is 0 Å². The molecule has 1 rings (SSSR count). The van der Waals surface area contributed by atoms with Gasteiger partial charge in [-0.25, -0.2) is 4.79 Å². The van der Waals surface area contributed by atoms with Crippen molar-refractivity contribution in [3.05, 3.63) is 85.1 Å². The van der Waals surface area contributed by atoms with Gasteiger partial charge in [-0.05, 0) is 44.9 Å². The van der Waals surface area contributed by atoms with Gasteiger partial charge in [-0.1, -0.05) is 85.1 Å². The van der Waals surface area contributed by atoms with Crippen LogP contribution in [-0.2, 0) is 28.5 Å². The number of aliphatic hydroxyl groups excluding tert-OH is 8. The Morgan fingerprint density at radius 1 is 0.686 bits per heavy atom. The Kier molecular flexibility index (Phi) is 56.7. The van der Waals surface area contributed by atoms with Crippen molar-refractivity contribution in [2.24, 2.45) is 0 Å². The van der Waals surface area contributed by atoms with E-state index in [0.717, 1.165) is 0 Å². The SMILES string of the molecule is C#C.C#C.C=O.COC.COC.CO[C@H]1/C=C/C=C/C=C/C=C/C=C/C=C/C=C/C[C@@H](O)CCOC(=O)C[C@H](O)C[C@H](O)CC[C@@H](O)[C@H](O)C[C@H](O)CC(O)(O)CC[C@@H](NC(=O)NC(CO)CO)CC1. The Balaban J connectivity index is -0.00000107. The molecule has 0 aromatic rings. The second-order valence-electron chi connectivity index (χ2n) is 15.3. The molecule has 0 bridgehead atoms. The fourth-order valence-electron chi connectivity index (χ4n) is 5.80. The largest absolute Gasteiger partial charge is 0.465 e. The van der Waals surface area contributed by atoms with E-state index < -0.39 is 99.0 Å². The summed E-state index contributed by atoms with van der Waals surface area (Å²) in [7, 11) is 8.03. The van der Waals surface area contributed by atoms with Crippen molar-refractivity contribution in [1.82, 2.24) is 10.6 Å². The smallest absolute Gasteiger partial charge is 0.315 e. The molecule has 12 N–H and O–H groups in total. The van der Waals surface area contributed by atoms with Gasteiger partial charge in [0, 0.05) is 67.3 Å². The van der Waals surface area contributed by atoms with E-state index >= 15 is 0 Å². The number of carbonyl (C=O) groups excluding carboxylic acids is 3. The highest BCUT2D eigenvalue weighted by Gasteiger charge is 2.31. The summed E-state index contributed by atoms with van der Waals surface area (Å²) in [6, 6.07) is -2.23. The zero-order valence-corrected chi connectivity index (χ0v) is 41.7. The van der Waals surface area contributed by atoms with Crippen molar-refractivity contribution >= 4 is 18.8 Å². The maximum Gasteiger partial charge on any atom is 0.315 e. The summed E-state index contributed by atoms with van der Waals surface area (Å²) in [5.41, 5.74) is 0. The summed E-state index contributed by atoms with van der Waals surface area (Å²) in [6.45, 7) is 0.948. The van der Waals surface area contributed by atoms with E-state index in [1.165, 1.54) is 7.11 Å². The molecule has 0 aromatic heterocycles. The molecule has 1 aliphatic heterocycles. The Morgan fingerprint density at radius 2 is 1.19 bits per heavy atom. The van der Waals surface area contributed by atoms with Gasteiger partial charge in [0.15, 0.2) is 5.79 Å². The van der Waals surface area contributed by atoms with Crippen LogP contribution in [0.3, 0.4) is 0 Å². The highest BCUT2D eigenvalue weighted by Crippen LogP contribution is 2.23. The number of allylic oxidation sites excluding steroid dienone is 12. The quantitative estimate of drug-likeness (QED) is 0.106. The molecule has 0 aromatic carbocycles. The molecular weight excluding hydrogens is 913 g/mol. The first-order valence-electron chi connectivity index (χ1n) is 22.4. The molecule has 19 nitrogen and oxygen atoms in total. The van der Waals surface area contributed by atoms with Crippen LogP contribution < -0.4 is 10.6 Å². The Labute approximate surface area is 416 Å². The molecule has 0 fully saturated rings. The predicted molar refractivity (Wildman–Crippen MR) is 271 cm³/mol. The molecule has 0 spiro atoms. The van der Waals surface area contributed by atoms with Crippen LogP contribution >= 0.6 is 0 Å². The monoisotopic (exact) mass is 999 g/mol. The fraction of sp³-hybridized carbons (Fsp3) is 0.588. The van der Waals surface area contributed by atoms with E-state index in [0.29, 0.717) is 19.3 Å². The van der Waals surface area contributed by atoms with Crippen molar-refractivity contribution in [2.75, 3.05) is 55.4 Å². The molecule has 1 aliphatic rings. The third-order valence-corrected chi connectivity index (χ3v) is 9.18. The number of esters is 1. The number of rotatable bonds is 5. The predicted octanol–water partition coefficient (Wildman–Crippen LogP) is 1.84. The third-order valence-electron chi connectivity index (χ3n) is 9.18. The van der Waals surface area contributed by atoms with E-state index in [2.05, 4.69) is 45.8 Å². The molecule has 70 heavy (non-hydrogen) atoms. The maximum absolute atomic E-state index is 12.6. The first-order chi connectivity index (χ1) is 33.5. The molecule has 0 radical (unpaired) electrons. The molecule has 0 unspecified atom stereocenters. The molecule has 8 atom stereocenters. The number of terminal acetylenes is 2. The van der Waals surface area contributed by atoms with Crippen LogP contribution in [0.2, 0.25) is 0 Å². The van der Waals surface area contributed by atoms with Gasteiger partial charge in [0.05, 0.1) is 75.0 Å². The Hall–Kier alpha value is -4.81. The van der Waals surface area contributed by atoms with Crippen molar-refractivity contribution < 1.29 is 84.4 Å². The number of urea groups is 1. The van der Waals surface area contributed by atoms with Crippen LogP contribution in [0.25, 0.3) is 0 Å². The highest BCUT2D eigenvalue weighted by atomic mass is 16.5. The summed E-state index contributed by atoms with van der Waals surface area (Å²) in [6.07, 6.45) is 33.0. The molecule has 2 amide bonds. The van der Waals surface area contributed by atoms with Crippen molar-refractivity contribution in [3.8, 4) is 25.7 Å². The number of amides is 2. The molecular formula is C51H86N2O17. The van der Waals surface area contributed by atoms with Crippen LogP contribution in [0.1, 0.15) is 77.0 Å². The van der Waals surface area contributed by atoms with Crippen LogP contribution in [0.4, 0.5) is 4.79 Å². The number of cyclic esters (lactones) is 1. The fourth-order valence-corrected chi connectivity index (χ4v) is 5.80. The first-order valence-corrected chi connectivity index (χ1v) is 22.4. The summed E-state index contributed by atoms with van der Waals surface area (Å²) >= 11 is 0. The lowest BCUT2D eigenvalue weighted by Gasteiger charge is -2.29. The van der Waals surface area contributed by atoms with Gasteiger partial charge in [0.25, 0.3) is 0 Å². The van der Waals surface area contributed by atoms with Gasteiger partial charge in [-0.15, -0.1) is 25.7 Å². The number of aliphatic hydroxyl groups is 10. The highest BCUT2D eigenvalue weighted by molar-refractivity contribution is 5.74. The van der Waals surface area contributed by atoms with Gasteiger partial charge in [0.2, 0.25) is 0 Å². The zero-order chi connectivity index (χ0) is 54.6. The van der Waals surface area contributed by atoms with Crippen molar-refractivity contribution in [2.45, 2.75) is 138 Å². The Morgan fingerprint density at radius 3 is 1.69 bits per heavy atom. The number of hydrogen-bond donors (Lipinski definition) is 12. The number of ether oxygens (including phenoxy) is 4. The lowest BCUT2D eigenvalue weighted by Crippen LogP contribution is -2.49. The van der Waals surface area contributed by atoms with E-state index in [4.69, 9.17) is 14.3 Å². The van der Waals surface area contributed by atoms with E-state index in [1.807, 2.05) is 73.6 Å². The minimum absolute atomic E-state index is 0.0344. The number of hydrogen-bond acceptors (Lipinski definition) is 17. The molecule has 19 heteroatoms. The molecule has 0 saturated heterocycles. The summed E-state index contributed by atoms with van der Waals surface area (Å²) in [5.74, 6) is -3.14. The second-order valence-corrected chi connectivity index (χ2v) is 15.3. The minimum Gasteiger partial charge on any atom is -0.465 e. The summed E-state index contributed by atoms with van der Waals surface area (Å²) in [5, 5.41) is 108. The second kappa shape index (κ2) is 53.5. The Bertz CT molecular complexity index is 1470. The van der Waals surface area contributed by atoms with Gasteiger partial charge < -0.3 is 85.4 Å². The van der Waals surface area contributed by atoms with E-state index in [1.54, 1.807) is 46.7 Å². The van der Waals surface area contributed by atoms with E-state index in [9.17, 15) is 60.7 Å². The molecule has 0 saturated carbocycles. The van der Waals surface area contributed by atoms with Crippen molar-refractivity contribution in [3.63, 3.8) is 0 Å². The number of carbonyl (C=O) groups is 3. The maximum atomic E-state index is 12.6. The lowest BCUT2D eigenvalue weighted by atomic mass is 9.93. The van der Waals surface area contributed by atoms with Crippen LogP contribution in [0, 0.1) is 25.7 Å². The number of nitrogens with one attached hydrogen (secondary N) is 2. The topological polar surface area (TPSA) is 314 Å². The van der Waals surface area contributed by atoms with Crippen LogP contribution in [0.15, 0.2) is 85.1 Å². The van der Waals surface area contributed by atoms with Crippen LogP contribution in [-0.4, -0.2) is 186 Å². The molecule has 402 valence electrons. The minimum atomic E-state index is -2.43. The normalized spacial score (nSPS) is 27.9. The summed E-state index contributed by atoms with van der Waals surface area (Å²) in [4.78, 5) is 32.8. The van der Waals surface area contributed by atoms with Crippen LogP contribution in [0.5, 0.6) is 0 Å². The zero-order valence-electron chi connectivity index (χ0n) is 41.7. The van der Waals surface area contributed by atoms with Gasteiger partial charge >= 0.3 is 12.0 Å². The van der Waals surface area contributed by atoms with E-state index in [-0.39, 0.29) is 51.2 Å². The van der Waals surface area contributed by atoms with Gasteiger partial charge in [-0.3, -0.25) is 4.79 Å². The summed E-state index contributed by atoms with van der Waals surface area (Å²) < 4.78 is 19.2.